The van der Waals surface area contributed by atoms with Crippen molar-refractivity contribution in [2.75, 3.05) is 12.0 Å². The Balaban J connectivity index is 2.03. The second kappa shape index (κ2) is 37.2. The molecule has 1 heterocycles. The number of primary amides is 4. The highest BCUT2D eigenvalue weighted by Gasteiger charge is 2.37. The Kier molecular flexibility index (Phi) is 30.8. The van der Waals surface area contributed by atoms with Crippen molar-refractivity contribution in [3.63, 3.8) is 0 Å². The van der Waals surface area contributed by atoms with E-state index in [-0.39, 0.29) is 42.7 Å². The Morgan fingerprint density at radius 3 is 1.44 bits per heavy atom. The molecule has 0 aliphatic rings. The third-order valence-corrected chi connectivity index (χ3v) is 14.4. The first-order valence-electron chi connectivity index (χ1n) is 28.4. The van der Waals surface area contributed by atoms with Crippen LogP contribution in [0.3, 0.4) is 0 Å². The van der Waals surface area contributed by atoms with Gasteiger partial charge < -0.3 is 102 Å². The number of carbonyl (C=O) groups is 15. The Labute approximate surface area is 524 Å². The second-order valence-corrected chi connectivity index (χ2v) is 22.1. The number of para-hydroxylation sites is 1. The summed E-state index contributed by atoms with van der Waals surface area (Å²) in [7, 11) is 0. The molecule has 35 heteroatoms. The molecule has 1 aromatic heterocycles. The number of aliphatic hydroxyl groups excluding tert-OH is 1. The molecular weight excluding hydrogens is 1220 g/mol. The van der Waals surface area contributed by atoms with Crippen LogP contribution in [0, 0.1) is 0 Å². The third-order valence-electron chi connectivity index (χ3n) is 13.8. The molecule has 91 heavy (non-hydrogen) atoms. The number of aliphatic hydroxyl groups is 1. The van der Waals surface area contributed by atoms with Crippen LogP contribution in [-0.2, 0) is 84.8 Å². The van der Waals surface area contributed by atoms with E-state index in [0.717, 1.165) is 13.8 Å². The van der Waals surface area contributed by atoms with Crippen LogP contribution >= 0.6 is 11.8 Å². The monoisotopic (exact) mass is 1300 g/mol. The minimum atomic E-state index is -2.02. The van der Waals surface area contributed by atoms with E-state index in [4.69, 9.17) is 28.7 Å². The smallest absolute Gasteiger partial charge is 0.326 e. The minimum Gasteiger partial charge on any atom is -0.508 e. The summed E-state index contributed by atoms with van der Waals surface area (Å²) < 4.78 is 0. The molecule has 0 fully saturated rings. The topological polar surface area (TPSA) is 591 Å². The van der Waals surface area contributed by atoms with Gasteiger partial charge in [0.15, 0.2) is 0 Å². The highest BCUT2D eigenvalue weighted by Crippen LogP contribution is 2.20. The van der Waals surface area contributed by atoms with Crippen LogP contribution in [0.4, 0.5) is 0 Å². The summed E-state index contributed by atoms with van der Waals surface area (Å²) in [5, 5.41) is 62.0. The van der Waals surface area contributed by atoms with Crippen molar-refractivity contribution in [2.24, 2.45) is 28.7 Å². The SMILES string of the molecule is CSCC[C@H](NC(=O)[C@@H](N)CCC(N)=O)C(=O)N[C@@H](CCC(=O)O)C(=O)N[C@@H](CCC(N)=O)C(=O)N[C@H](C(=O)N[C@@H](Cc1ccc(O)cc1)C(=O)N[C@@H](Cc1c[nH]c2ccccc12)C(=O)N[C@@H](CCC(N)=O)C(=O)N[C@@H](C)C(=O)N[C@@H](CC(N)=O)C(=O)O)[C@@H](C)O. The van der Waals surface area contributed by atoms with Crippen LogP contribution in [0.1, 0.15) is 89.2 Å². The van der Waals surface area contributed by atoms with Crippen molar-refractivity contribution < 1.29 is 92.3 Å². The Bertz CT molecular complexity index is 3130. The molecule has 0 spiro atoms. The van der Waals surface area contributed by atoms with Gasteiger partial charge in [-0.25, -0.2) is 4.79 Å². The zero-order chi connectivity index (χ0) is 68.2. The van der Waals surface area contributed by atoms with E-state index >= 15 is 0 Å². The molecule has 2 aromatic carbocycles. The van der Waals surface area contributed by atoms with Gasteiger partial charge in [0, 0.05) is 55.6 Å². The number of fused-ring (bicyclic) bond motifs is 1. The molecular formula is C56H79N15O19S. The molecule has 0 aliphatic carbocycles. The highest BCUT2D eigenvalue weighted by molar-refractivity contribution is 7.98. The van der Waals surface area contributed by atoms with Crippen LogP contribution in [0.25, 0.3) is 10.9 Å². The molecule has 0 bridgehead atoms. The first-order chi connectivity index (χ1) is 42.8. The summed E-state index contributed by atoms with van der Waals surface area (Å²) in [6, 6.07) is -4.70. The van der Waals surface area contributed by atoms with E-state index in [9.17, 15) is 92.3 Å². The van der Waals surface area contributed by atoms with Gasteiger partial charge in [0.2, 0.25) is 76.8 Å². The minimum absolute atomic E-state index is 0.0341. The highest BCUT2D eigenvalue weighted by atomic mass is 32.2. The van der Waals surface area contributed by atoms with Gasteiger partial charge in [0.1, 0.15) is 60.1 Å². The molecule has 0 saturated carbocycles. The van der Waals surface area contributed by atoms with Gasteiger partial charge in [-0.05, 0) is 87.3 Å². The predicted molar refractivity (Wildman–Crippen MR) is 323 cm³/mol. The number of aromatic nitrogens is 1. The van der Waals surface area contributed by atoms with Crippen molar-refractivity contribution in [2.45, 2.75) is 157 Å². The van der Waals surface area contributed by atoms with E-state index in [0.29, 0.717) is 16.5 Å². The number of nitrogens with two attached hydrogens (primary N) is 5. The number of aliphatic carboxylic acids is 2. The Morgan fingerprint density at radius 1 is 0.495 bits per heavy atom. The van der Waals surface area contributed by atoms with Gasteiger partial charge >= 0.3 is 11.9 Å². The van der Waals surface area contributed by atoms with E-state index < -0.39 is 207 Å². The molecule has 11 atom stereocenters. The quantitative estimate of drug-likeness (QED) is 0.0252. The number of carboxylic acids is 2. The van der Waals surface area contributed by atoms with Gasteiger partial charge in [0.25, 0.3) is 0 Å². The average molecular weight is 1300 g/mol. The van der Waals surface area contributed by atoms with Crippen molar-refractivity contribution in [1.29, 1.82) is 0 Å². The Hall–Kier alpha value is -9.90. The fraction of sp³-hybridized carbons (Fsp3) is 0.482. The van der Waals surface area contributed by atoms with Crippen molar-refractivity contribution >= 4 is 111 Å². The fourth-order valence-corrected chi connectivity index (χ4v) is 9.23. The molecule has 3 aromatic rings. The van der Waals surface area contributed by atoms with Gasteiger partial charge in [-0.15, -0.1) is 0 Å². The molecule has 34 nitrogen and oxygen atoms in total. The summed E-state index contributed by atoms with van der Waals surface area (Å²) in [5.41, 5.74) is 28.3. The van der Waals surface area contributed by atoms with Gasteiger partial charge in [-0.1, -0.05) is 30.3 Å². The predicted octanol–water partition coefficient (Wildman–Crippen LogP) is -5.88. The number of benzene rings is 2. The van der Waals surface area contributed by atoms with E-state index in [1.165, 1.54) is 42.2 Å². The number of carbonyl (C=O) groups excluding carboxylic acids is 13. The zero-order valence-electron chi connectivity index (χ0n) is 49.9. The first-order valence-corrected chi connectivity index (χ1v) is 29.8. The summed E-state index contributed by atoms with van der Waals surface area (Å²) in [6.45, 7) is 2.19. The standard InChI is InChI=1S/C56H79N15O19S/c1-26(47(80)70-40(56(89)90)24-44(61)77)63-49(82)34(13-17-42(59)75)67-54(87)39(23-29-25-62-33-7-5-4-6-31(29)33)68-53(86)38(22-28-8-10-30(73)11-9-28)69-55(88)46(27(2)72)71-52(85)35(14-18-43(60)76)65-50(83)36(15-19-45(78)79)66-51(84)37(20-21-91-3)64-48(81)32(57)12-16-41(58)74/h4-11,25-27,32,34-40,46,62,72-73H,12-24,57H2,1-3H3,(H2,58,74)(H2,59,75)(H2,60,76)(H2,61,77)(H,63,82)(H,64,81)(H,65,83)(H,66,84)(H,67,87)(H,68,86)(H,69,88)(H,70,80)(H,71,85)(H,78,79)(H,89,90)/t26-,27+,32-,34-,35-,36-,37-,38-,39-,40-,46-/m0/s1. The van der Waals surface area contributed by atoms with Gasteiger partial charge in [-0.2, -0.15) is 11.8 Å². The number of amides is 13. The average Bonchev–Trinajstić information content (AvgIpc) is 1.85. The Morgan fingerprint density at radius 2 is 0.934 bits per heavy atom. The fourth-order valence-electron chi connectivity index (χ4n) is 8.75. The zero-order valence-corrected chi connectivity index (χ0v) is 50.8. The molecule has 0 radical (unpaired) electrons. The summed E-state index contributed by atoms with van der Waals surface area (Å²) in [5.74, 6) is -16.7. The number of hydrogen-bond acceptors (Lipinski definition) is 19. The maximum Gasteiger partial charge on any atom is 0.326 e. The summed E-state index contributed by atoms with van der Waals surface area (Å²) >= 11 is 1.28. The lowest BCUT2D eigenvalue weighted by atomic mass is 10.0. The van der Waals surface area contributed by atoms with Gasteiger partial charge in [0.05, 0.1) is 18.6 Å². The van der Waals surface area contributed by atoms with Crippen LogP contribution in [0.5, 0.6) is 5.75 Å². The van der Waals surface area contributed by atoms with Crippen LogP contribution in [0.2, 0.25) is 0 Å². The molecule has 13 amide bonds. The maximum atomic E-state index is 14.8. The van der Waals surface area contributed by atoms with Gasteiger partial charge in [-0.3, -0.25) is 67.1 Å². The number of nitrogens with one attached hydrogen (secondary N) is 10. The first kappa shape index (κ1) is 75.4. The number of phenols is 1. The maximum absolute atomic E-state index is 14.8. The lowest BCUT2D eigenvalue weighted by molar-refractivity contribution is -0.143. The van der Waals surface area contributed by atoms with Crippen molar-refractivity contribution in [1.82, 2.24) is 52.8 Å². The lowest BCUT2D eigenvalue weighted by Gasteiger charge is -2.29. The second-order valence-electron chi connectivity index (χ2n) is 21.2. The van der Waals surface area contributed by atoms with Crippen LogP contribution in [-0.4, -0.2) is 193 Å². The number of thioether (sulfide) groups is 1. The normalized spacial score (nSPS) is 14.6. The number of phenolic OH excluding ortho intramolecular Hbond substituents is 1. The van der Waals surface area contributed by atoms with Crippen molar-refractivity contribution in [3.8, 4) is 5.75 Å². The number of hydrogen-bond donors (Lipinski definition) is 19. The summed E-state index contributed by atoms with van der Waals surface area (Å²) in [4.78, 5) is 199. The van der Waals surface area contributed by atoms with Crippen molar-refractivity contribution in [3.05, 3.63) is 65.9 Å². The van der Waals surface area contributed by atoms with E-state index in [1.807, 2.05) is 0 Å². The van der Waals surface area contributed by atoms with E-state index in [1.54, 1.807) is 30.5 Å². The number of aromatic amines is 1. The number of H-pyrrole nitrogens is 1. The summed E-state index contributed by atoms with van der Waals surface area (Å²) in [6.07, 6.45) is -4.21. The molecule has 0 saturated heterocycles. The molecule has 0 aliphatic heterocycles. The molecule has 0 unspecified atom stereocenters. The molecule has 3 rings (SSSR count). The molecule has 498 valence electrons. The third kappa shape index (κ3) is 26.4. The van der Waals surface area contributed by atoms with Crippen LogP contribution < -0.4 is 76.5 Å². The van der Waals surface area contributed by atoms with Crippen LogP contribution in [0.15, 0.2) is 54.7 Å². The number of carboxylic acid groups (broad SMARTS) is 2. The van der Waals surface area contributed by atoms with E-state index in [2.05, 4.69) is 52.8 Å². The largest absolute Gasteiger partial charge is 0.508 e. The molecule has 24 N–H and O–H groups in total. The lowest BCUT2D eigenvalue weighted by Crippen LogP contribution is -2.62. The number of aromatic hydroxyl groups is 1. The number of rotatable bonds is 41.